The Morgan fingerprint density at radius 2 is 0.946 bits per heavy atom. The molecule has 1 rings (SSSR count). The Kier molecular flexibility index (Phi) is 38.0. The summed E-state index contributed by atoms with van der Waals surface area (Å²) < 4.78 is 0. The van der Waals surface area contributed by atoms with Crippen LogP contribution in [-0.4, -0.2) is 60.4 Å². The molecule has 5 heteroatoms. The Morgan fingerprint density at radius 1 is 0.518 bits per heavy atom. The van der Waals surface area contributed by atoms with Crippen LogP contribution >= 0.6 is 0 Å². The van der Waals surface area contributed by atoms with E-state index in [4.69, 9.17) is 0 Å². The number of allylic oxidation sites excluding steroid dienone is 2. The molecule has 0 heterocycles. The number of hydrogen-bond donors (Lipinski definition) is 1. The molecule has 5 nitrogen and oxygen atoms in total. The van der Waals surface area contributed by atoms with Crippen molar-refractivity contribution in [2.45, 2.75) is 265 Å². The minimum atomic E-state index is -0.302. The van der Waals surface area contributed by atoms with Crippen molar-refractivity contribution in [1.29, 1.82) is 0 Å². The lowest BCUT2D eigenvalue weighted by atomic mass is 9.82. The van der Waals surface area contributed by atoms with Gasteiger partial charge in [0.25, 0.3) is 0 Å². The SMILES string of the molecule is CCCCCCCC/C=C\CCCCCCCC(=O)N(CCCN(CC)CC)C(C(=O)NCCCCCCCCCCCCCCCCCC)C1CCCCC1. The van der Waals surface area contributed by atoms with Crippen molar-refractivity contribution in [3.63, 3.8) is 0 Å². The first kappa shape index (κ1) is 52.7. The maximum atomic E-state index is 14.1. The van der Waals surface area contributed by atoms with Gasteiger partial charge in [-0.2, -0.15) is 0 Å². The van der Waals surface area contributed by atoms with Gasteiger partial charge in [-0.25, -0.2) is 0 Å². The minimum absolute atomic E-state index is 0.124. The first-order chi connectivity index (χ1) is 27.6. The van der Waals surface area contributed by atoms with Crippen LogP contribution < -0.4 is 5.32 Å². The topological polar surface area (TPSA) is 52.7 Å². The monoisotopic (exact) mass is 786 g/mol. The highest BCUT2D eigenvalue weighted by atomic mass is 16.2. The maximum absolute atomic E-state index is 14.1. The van der Waals surface area contributed by atoms with Gasteiger partial charge >= 0.3 is 0 Å². The van der Waals surface area contributed by atoms with Gasteiger partial charge in [-0.15, -0.1) is 0 Å². The van der Waals surface area contributed by atoms with Gasteiger partial charge in [-0.1, -0.05) is 207 Å². The predicted molar refractivity (Wildman–Crippen MR) is 246 cm³/mol. The number of carbonyl (C=O) groups excluding carboxylic acids is 2. The van der Waals surface area contributed by atoms with E-state index in [2.05, 4.69) is 55.0 Å². The van der Waals surface area contributed by atoms with Crippen molar-refractivity contribution in [1.82, 2.24) is 15.1 Å². The first-order valence-corrected chi connectivity index (χ1v) is 25.5. The zero-order valence-electron chi connectivity index (χ0n) is 38.5. The van der Waals surface area contributed by atoms with E-state index < -0.39 is 0 Å². The highest BCUT2D eigenvalue weighted by molar-refractivity contribution is 5.88. The molecule has 1 atom stereocenters. The van der Waals surface area contributed by atoms with Crippen molar-refractivity contribution in [2.75, 3.05) is 32.7 Å². The summed E-state index contributed by atoms with van der Waals surface area (Å²) in [4.78, 5) is 32.6. The summed E-state index contributed by atoms with van der Waals surface area (Å²) in [5.74, 6) is 0.634. The third-order valence-electron chi connectivity index (χ3n) is 12.8. The molecule has 0 radical (unpaired) electrons. The molecule has 0 spiro atoms. The highest BCUT2D eigenvalue weighted by Crippen LogP contribution is 2.30. The number of carbonyl (C=O) groups is 2. The van der Waals surface area contributed by atoms with Crippen molar-refractivity contribution >= 4 is 11.8 Å². The Hall–Kier alpha value is -1.36. The fourth-order valence-corrected chi connectivity index (χ4v) is 8.96. The van der Waals surface area contributed by atoms with Crippen LogP contribution in [0.25, 0.3) is 0 Å². The zero-order valence-corrected chi connectivity index (χ0v) is 38.5. The average molecular weight is 786 g/mol. The molecule has 0 aromatic rings. The molecule has 1 aliphatic rings. The largest absolute Gasteiger partial charge is 0.354 e. The molecule has 1 saturated carbocycles. The van der Waals surface area contributed by atoms with Gasteiger partial charge in [0.15, 0.2) is 0 Å². The average Bonchev–Trinajstić information content (AvgIpc) is 3.21. The number of nitrogens with one attached hydrogen (secondary N) is 1. The van der Waals surface area contributed by atoms with E-state index >= 15 is 0 Å². The first-order valence-electron chi connectivity index (χ1n) is 25.5. The molecule has 0 aliphatic heterocycles. The van der Waals surface area contributed by atoms with Gasteiger partial charge in [0.1, 0.15) is 6.04 Å². The molecule has 1 aliphatic carbocycles. The summed E-state index contributed by atoms with van der Waals surface area (Å²) in [6.07, 6.45) is 50.2. The van der Waals surface area contributed by atoms with Gasteiger partial charge in [-0.05, 0) is 83.3 Å². The van der Waals surface area contributed by atoms with Crippen molar-refractivity contribution in [2.24, 2.45) is 5.92 Å². The summed E-state index contributed by atoms with van der Waals surface area (Å²) in [5.41, 5.74) is 0. The molecule has 0 aromatic heterocycles. The van der Waals surface area contributed by atoms with Gasteiger partial charge in [0.05, 0.1) is 0 Å². The molecular formula is C51H99N3O2. The van der Waals surface area contributed by atoms with Crippen LogP contribution in [0.5, 0.6) is 0 Å². The van der Waals surface area contributed by atoms with Gasteiger partial charge in [0.2, 0.25) is 11.8 Å². The molecule has 0 bridgehead atoms. The van der Waals surface area contributed by atoms with Crippen LogP contribution in [0.2, 0.25) is 0 Å². The lowest BCUT2D eigenvalue weighted by Crippen LogP contribution is -2.54. The van der Waals surface area contributed by atoms with Crippen LogP contribution in [-0.2, 0) is 9.59 Å². The summed E-state index contributed by atoms with van der Waals surface area (Å²) in [6, 6.07) is -0.302. The van der Waals surface area contributed by atoms with E-state index in [1.807, 2.05) is 0 Å². The smallest absolute Gasteiger partial charge is 0.243 e. The lowest BCUT2D eigenvalue weighted by molar-refractivity contribution is -0.143. The molecule has 1 fully saturated rings. The number of hydrogen-bond acceptors (Lipinski definition) is 3. The van der Waals surface area contributed by atoms with E-state index in [1.54, 1.807) is 0 Å². The number of rotatable bonds is 41. The molecule has 56 heavy (non-hydrogen) atoms. The minimum Gasteiger partial charge on any atom is -0.354 e. The normalized spacial score (nSPS) is 14.2. The third-order valence-corrected chi connectivity index (χ3v) is 12.8. The zero-order chi connectivity index (χ0) is 40.6. The van der Waals surface area contributed by atoms with Gasteiger partial charge in [0, 0.05) is 19.5 Å². The van der Waals surface area contributed by atoms with Crippen molar-refractivity contribution in [3.8, 4) is 0 Å². The fraction of sp³-hybridized carbons (Fsp3) is 0.922. The lowest BCUT2D eigenvalue weighted by Gasteiger charge is -2.38. The van der Waals surface area contributed by atoms with Crippen molar-refractivity contribution < 1.29 is 9.59 Å². The fourth-order valence-electron chi connectivity index (χ4n) is 8.96. The van der Waals surface area contributed by atoms with E-state index in [-0.39, 0.29) is 17.9 Å². The molecule has 330 valence electrons. The van der Waals surface area contributed by atoms with E-state index in [9.17, 15) is 9.59 Å². The molecule has 0 saturated heterocycles. The summed E-state index contributed by atoms with van der Waals surface area (Å²) in [5, 5.41) is 3.36. The number of unbranched alkanes of at least 4 members (excludes halogenated alkanes) is 26. The van der Waals surface area contributed by atoms with Crippen LogP contribution in [0, 0.1) is 5.92 Å². The quantitative estimate of drug-likeness (QED) is 0.0496. The second-order valence-corrected chi connectivity index (χ2v) is 17.7. The summed E-state index contributed by atoms with van der Waals surface area (Å²) >= 11 is 0. The van der Waals surface area contributed by atoms with E-state index in [0.29, 0.717) is 18.9 Å². The number of nitrogens with zero attached hydrogens (tertiary/aromatic N) is 2. The van der Waals surface area contributed by atoms with Crippen LogP contribution in [0.1, 0.15) is 259 Å². The second-order valence-electron chi connectivity index (χ2n) is 17.7. The van der Waals surface area contributed by atoms with Crippen LogP contribution in [0.3, 0.4) is 0 Å². The Bertz CT molecular complexity index is 880. The van der Waals surface area contributed by atoms with Gasteiger partial charge in [-0.3, -0.25) is 9.59 Å². The second kappa shape index (κ2) is 40.4. The predicted octanol–water partition coefficient (Wildman–Crippen LogP) is 14.9. The van der Waals surface area contributed by atoms with E-state index in [0.717, 1.165) is 64.7 Å². The molecule has 1 unspecified atom stereocenters. The Balaban J connectivity index is 2.47. The molecular weight excluding hydrogens is 687 g/mol. The standard InChI is InChI=1S/C51H99N3O2/c1-5-9-11-13-15-17-19-21-23-25-27-29-31-33-35-40-45-52-51(56)50(48-42-37-36-38-43-48)54(47-41-46-53(7-3)8-4)49(55)44-39-34-32-30-28-26-24-22-20-18-16-14-12-10-6-2/h22,24,48,50H,5-21,23,25-47H2,1-4H3,(H,52,56)/b24-22-. The van der Waals surface area contributed by atoms with Gasteiger partial charge < -0.3 is 15.1 Å². The summed E-state index contributed by atoms with van der Waals surface area (Å²) in [6.45, 7) is 13.5. The molecule has 0 aromatic carbocycles. The maximum Gasteiger partial charge on any atom is 0.243 e. The molecule has 1 N–H and O–H groups in total. The Labute approximate surface area is 351 Å². The van der Waals surface area contributed by atoms with Crippen LogP contribution in [0.15, 0.2) is 12.2 Å². The number of amides is 2. The summed E-state index contributed by atoms with van der Waals surface area (Å²) in [7, 11) is 0. The van der Waals surface area contributed by atoms with E-state index in [1.165, 1.54) is 186 Å². The van der Waals surface area contributed by atoms with Crippen LogP contribution in [0.4, 0.5) is 0 Å². The van der Waals surface area contributed by atoms with Crippen molar-refractivity contribution in [3.05, 3.63) is 12.2 Å². The Morgan fingerprint density at radius 3 is 1.41 bits per heavy atom. The highest BCUT2D eigenvalue weighted by Gasteiger charge is 2.36. The third kappa shape index (κ3) is 29.8. The molecule has 2 amide bonds.